The molecule has 3 aliphatic heterocycles. The van der Waals surface area contributed by atoms with E-state index in [-0.39, 0.29) is 51.8 Å². The first-order valence-electron chi connectivity index (χ1n) is 12.9. The van der Waals surface area contributed by atoms with E-state index in [4.69, 9.17) is 4.74 Å². The number of esters is 1. The Kier molecular flexibility index (Phi) is 3.47. The van der Waals surface area contributed by atoms with Crippen LogP contribution in [0.4, 0.5) is 5.69 Å². The van der Waals surface area contributed by atoms with E-state index in [0.717, 1.165) is 37.8 Å². The highest BCUT2D eigenvalue weighted by molar-refractivity contribution is 5.90. The number of nitro groups is 1. The molecule has 0 aromatic heterocycles. The summed E-state index contributed by atoms with van der Waals surface area (Å²) in [5, 5.41) is 35.1. The number of hydrogen-bond acceptors (Lipinski definition) is 7. The van der Waals surface area contributed by atoms with E-state index in [1.54, 1.807) is 0 Å². The van der Waals surface area contributed by atoms with Crippen LogP contribution in [0.2, 0.25) is 0 Å². The number of ether oxygens (including phenoxy) is 1. The summed E-state index contributed by atoms with van der Waals surface area (Å²) in [5.74, 6) is -0.247. The monoisotopic (exact) mass is 478 g/mol. The van der Waals surface area contributed by atoms with Crippen molar-refractivity contribution in [2.24, 2.45) is 39.9 Å². The highest BCUT2D eigenvalue weighted by atomic mass is 16.6. The topological polar surface area (TPSA) is 113 Å². The predicted molar refractivity (Wildman–Crippen MR) is 123 cm³/mol. The van der Waals surface area contributed by atoms with Crippen LogP contribution in [-0.2, 0) is 4.74 Å². The molecule has 9 fully saturated rings. The number of carbonyl (C=O) groups is 1. The average molecular weight is 479 g/mol. The second-order valence-corrected chi connectivity index (χ2v) is 12.9. The van der Waals surface area contributed by atoms with Gasteiger partial charge < -0.3 is 14.9 Å². The van der Waals surface area contributed by atoms with E-state index in [9.17, 15) is 25.1 Å². The van der Waals surface area contributed by atoms with Crippen molar-refractivity contribution >= 4 is 11.7 Å². The van der Waals surface area contributed by atoms with E-state index >= 15 is 0 Å². The van der Waals surface area contributed by atoms with Gasteiger partial charge in [-0.1, -0.05) is 19.9 Å². The van der Waals surface area contributed by atoms with Gasteiger partial charge in [-0.2, -0.15) is 0 Å². The molecule has 1 unspecified atom stereocenters. The van der Waals surface area contributed by atoms with Crippen LogP contribution in [0.25, 0.3) is 0 Å². The molecule has 35 heavy (non-hydrogen) atoms. The summed E-state index contributed by atoms with van der Waals surface area (Å²) >= 11 is 0. The van der Waals surface area contributed by atoms with Gasteiger partial charge in [0.05, 0.1) is 16.6 Å². The van der Waals surface area contributed by atoms with E-state index in [2.05, 4.69) is 18.4 Å². The summed E-state index contributed by atoms with van der Waals surface area (Å²) in [5.41, 5.74) is -0.574. The van der Waals surface area contributed by atoms with Crippen molar-refractivity contribution in [1.29, 1.82) is 0 Å². The molecule has 1 aromatic carbocycles. The molecule has 9 bridgehead atoms. The number of non-ortho nitro benzene ring substituents is 1. The zero-order valence-corrected chi connectivity index (χ0v) is 19.7. The van der Waals surface area contributed by atoms with Gasteiger partial charge in [0.25, 0.3) is 5.69 Å². The Morgan fingerprint density at radius 1 is 1.26 bits per heavy atom. The van der Waals surface area contributed by atoms with Crippen molar-refractivity contribution in [3.8, 4) is 0 Å². The summed E-state index contributed by atoms with van der Waals surface area (Å²) in [6.07, 6.45) is 3.49. The Labute approximate surface area is 203 Å². The standard InChI is InChI=1S/C27H30N2O6/c1-13-16-10-17-20-25-9-3-8-24(2)12-28(20)27(32,23(24)25)11-26(17,19(25)18(16)30)21(13)35-22(31)14-4-6-15(7-5-14)29(33)34/h4-7,16-21,23,30,32H,1,3,8-12H2,2H3/t16-,17-,18+,19+,20-,21-,23-,24+,25+,26+,27-/m1/s1. The largest absolute Gasteiger partial charge is 0.454 e. The molecule has 8 heteroatoms. The molecule has 3 saturated heterocycles. The number of nitrogens with zero attached hydrogens (tertiary/aromatic N) is 2. The summed E-state index contributed by atoms with van der Waals surface area (Å²) < 4.78 is 6.24. The zero-order chi connectivity index (χ0) is 24.3. The van der Waals surface area contributed by atoms with Crippen molar-refractivity contribution in [1.82, 2.24) is 4.90 Å². The fourth-order valence-corrected chi connectivity index (χ4v) is 11.6. The second kappa shape index (κ2) is 5.82. The van der Waals surface area contributed by atoms with E-state index in [1.807, 2.05) is 0 Å². The third-order valence-corrected chi connectivity index (χ3v) is 11.9. The SMILES string of the molecule is C=C1[C@H]2C[C@@H]3[C@H]4N5C[C@]6(C)CCC[C@]47[C@H]([C@H]2O)[C@@]3(C[C@@]5(O)[C@H]67)[C@@H]1OC(=O)c1ccc([N+](=O)[O-])cc1. The summed E-state index contributed by atoms with van der Waals surface area (Å²) in [6, 6.07) is 5.70. The van der Waals surface area contributed by atoms with Gasteiger partial charge in [-0.05, 0) is 53.7 Å². The Morgan fingerprint density at radius 3 is 2.71 bits per heavy atom. The number of benzene rings is 1. The molecule has 3 heterocycles. The van der Waals surface area contributed by atoms with Gasteiger partial charge in [-0.25, -0.2) is 4.79 Å². The van der Waals surface area contributed by atoms with Crippen LogP contribution in [0.1, 0.15) is 49.4 Å². The Balaban J connectivity index is 1.23. The third-order valence-electron chi connectivity index (χ3n) is 11.9. The van der Waals surface area contributed by atoms with Crippen LogP contribution in [0.5, 0.6) is 0 Å². The summed E-state index contributed by atoms with van der Waals surface area (Å²) in [7, 11) is 0. The van der Waals surface area contributed by atoms with Crippen molar-refractivity contribution in [2.75, 3.05) is 6.54 Å². The first-order chi connectivity index (χ1) is 16.6. The van der Waals surface area contributed by atoms with Gasteiger partial charge in [0.1, 0.15) is 11.8 Å². The van der Waals surface area contributed by atoms with Gasteiger partial charge in [-0.3, -0.25) is 15.0 Å². The van der Waals surface area contributed by atoms with Crippen molar-refractivity contribution < 1.29 is 24.7 Å². The first-order valence-corrected chi connectivity index (χ1v) is 12.9. The molecule has 12 atom stereocenters. The molecule has 8 nitrogen and oxygen atoms in total. The number of nitro benzene ring substituents is 1. The molecule has 1 aromatic rings. The quantitative estimate of drug-likeness (QED) is 0.297. The van der Waals surface area contributed by atoms with Gasteiger partial charge in [0, 0.05) is 54.3 Å². The molecule has 0 radical (unpaired) electrons. The number of aliphatic hydroxyl groups is 2. The lowest BCUT2D eigenvalue weighted by Crippen LogP contribution is -2.72. The fourth-order valence-electron chi connectivity index (χ4n) is 11.6. The van der Waals surface area contributed by atoms with Gasteiger partial charge in [-0.15, -0.1) is 0 Å². The molecule has 9 aliphatic rings. The smallest absolute Gasteiger partial charge is 0.338 e. The number of fused-ring (bicyclic) bond motifs is 1. The lowest BCUT2D eigenvalue weighted by Gasteiger charge is -2.67. The molecule has 6 saturated carbocycles. The molecule has 0 amide bonds. The Morgan fingerprint density at radius 2 is 2.00 bits per heavy atom. The van der Waals surface area contributed by atoms with Crippen LogP contribution in [0.15, 0.2) is 36.4 Å². The maximum absolute atomic E-state index is 13.3. The lowest BCUT2D eigenvalue weighted by molar-refractivity contribution is -0.384. The minimum absolute atomic E-state index is 0.0147. The first kappa shape index (κ1) is 20.9. The highest BCUT2D eigenvalue weighted by Gasteiger charge is 2.93. The average Bonchev–Trinajstić information content (AvgIpc) is 3.18. The minimum atomic E-state index is -0.922. The molecular weight excluding hydrogens is 448 g/mol. The van der Waals surface area contributed by atoms with Crippen LogP contribution in [0.3, 0.4) is 0 Å². The van der Waals surface area contributed by atoms with Crippen molar-refractivity contribution in [2.45, 2.75) is 63.0 Å². The van der Waals surface area contributed by atoms with Gasteiger partial charge in [0.2, 0.25) is 0 Å². The van der Waals surface area contributed by atoms with E-state index in [1.165, 1.54) is 24.3 Å². The van der Waals surface area contributed by atoms with Gasteiger partial charge in [0.15, 0.2) is 0 Å². The number of hydrogen-bond donors (Lipinski definition) is 2. The maximum atomic E-state index is 13.3. The molecule has 184 valence electrons. The third kappa shape index (κ3) is 1.92. The van der Waals surface area contributed by atoms with E-state index < -0.39 is 34.2 Å². The molecular formula is C27H30N2O6. The van der Waals surface area contributed by atoms with Crippen LogP contribution >= 0.6 is 0 Å². The normalized spacial score (nSPS) is 55.5. The summed E-state index contributed by atoms with van der Waals surface area (Å²) in [4.78, 5) is 26.2. The lowest BCUT2D eigenvalue weighted by atomic mass is 9.39. The number of piperidine rings is 2. The molecule has 6 aliphatic carbocycles. The number of carbonyl (C=O) groups excluding carboxylic acids is 1. The van der Waals surface area contributed by atoms with Crippen LogP contribution < -0.4 is 0 Å². The van der Waals surface area contributed by atoms with E-state index in [0.29, 0.717) is 6.42 Å². The Bertz CT molecular complexity index is 1230. The van der Waals surface area contributed by atoms with Gasteiger partial charge >= 0.3 is 5.97 Å². The highest BCUT2D eigenvalue weighted by Crippen LogP contribution is 2.89. The van der Waals surface area contributed by atoms with Crippen molar-refractivity contribution in [3.63, 3.8) is 0 Å². The van der Waals surface area contributed by atoms with Crippen LogP contribution in [0, 0.1) is 50.0 Å². The molecule has 2 N–H and O–H groups in total. The van der Waals surface area contributed by atoms with Crippen molar-refractivity contribution in [3.05, 3.63) is 52.1 Å². The fraction of sp³-hybridized carbons (Fsp3) is 0.667. The second-order valence-electron chi connectivity index (χ2n) is 12.9. The summed E-state index contributed by atoms with van der Waals surface area (Å²) in [6.45, 7) is 7.58. The predicted octanol–water partition coefficient (Wildman–Crippen LogP) is 2.89. The maximum Gasteiger partial charge on any atom is 0.338 e. The number of aliphatic hydroxyl groups excluding tert-OH is 1. The Hall–Kier alpha value is -2.29. The van der Waals surface area contributed by atoms with Crippen LogP contribution in [-0.4, -0.2) is 56.5 Å². The minimum Gasteiger partial charge on any atom is -0.454 e. The molecule has 10 rings (SSSR count). The number of rotatable bonds is 3. The zero-order valence-electron chi connectivity index (χ0n) is 19.7. The molecule has 2 spiro atoms.